The lowest BCUT2D eigenvalue weighted by molar-refractivity contribution is 0.0685. The van der Waals surface area contributed by atoms with Gasteiger partial charge < -0.3 is 29.1 Å². The van der Waals surface area contributed by atoms with Crippen molar-refractivity contribution in [2.45, 2.75) is 58.6 Å². The molecule has 0 spiro atoms. The van der Waals surface area contributed by atoms with Gasteiger partial charge in [0.25, 0.3) is 0 Å². The van der Waals surface area contributed by atoms with Crippen molar-refractivity contribution in [3.8, 4) is 11.5 Å². The minimum absolute atomic E-state index is 0.0234. The van der Waals surface area contributed by atoms with Gasteiger partial charge in [-0.1, -0.05) is 20.8 Å². The van der Waals surface area contributed by atoms with E-state index in [9.17, 15) is 14.7 Å². The third-order valence-electron chi connectivity index (χ3n) is 7.32. The summed E-state index contributed by atoms with van der Waals surface area (Å²) in [5.74, 6) is -0.409. The number of nitrogens with zero attached hydrogens (tertiary/aromatic N) is 3. The second-order valence-electron chi connectivity index (χ2n) is 11.0. The first-order chi connectivity index (χ1) is 18.5. The van der Waals surface area contributed by atoms with Crippen LogP contribution in [-0.4, -0.2) is 79.1 Å². The van der Waals surface area contributed by atoms with E-state index in [2.05, 4.69) is 30.7 Å². The summed E-state index contributed by atoms with van der Waals surface area (Å²) in [7, 11) is 3.40. The summed E-state index contributed by atoms with van der Waals surface area (Å²) >= 11 is 0. The molecule has 0 bridgehead atoms. The molecule has 0 aliphatic carbocycles. The number of carboxylic acids is 1. The van der Waals surface area contributed by atoms with Gasteiger partial charge in [-0.2, -0.15) is 0 Å². The average Bonchev–Trinajstić information content (AvgIpc) is 3.20. The molecule has 210 valence electrons. The Morgan fingerprint density at radius 2 is 1.85 bits per heavy atom. The number of pyridine rings is 1. The summed E-state index contributed by atoms with van der Waals surface area (Å²) in [5, 5.41) is 18.2. The maximum absolute atomic E-state index is 13.7. The van der Waals surface area contributed by atoms with Crippen LogP contribution >= 0.6 is 0 Å². The molecule has 0 radical (unpaired) electrons. The van der Waals surface area contributed by atoms with Crippen molar-refractivity contribution in [2.75, 3.05) is 45.4 Å². The first-order valence-electron chi connectivity index (χ1n) is 13.3. The molecular weight excluding hydrogens is 500 g/mol. The first kappa shape index (κ1) is 28.4. The average molecular weight is 539 g/mol. The van der Waals surface area contributed by atoms with Gasteiger partial charge >= 0.3 is 5.97 Å². The van der Waals surface area contributed by atoms with Crippen molar-refractivity contribution >= 4 is 23.3 Å². The molecular formula is C29H38N4O6. The lowest BCUT2D eigenvalue weighted by Gasteiger charge is -2.35. The Bertz CT molecular complexity index is 1280. The van der Waals surface area contributed by atoms with E-state index < -0.39 is 5.97 Å². The van der Waals surface area contributed by atoms with Crippen LogP contribution in [-0.2, 0) is 16.7 Å². The molecule has 1 saturated heterocycles. The molecule has 1 fully saturated rings. The summed E-state index contributed by atoms with van der Waals surface area (Å²) in [6.07, 6.45) is 2.00. The molecule has 0 saturated carbocycles. The van der Waals surface area contributed by atoms with Crippen LogP contribution in [0, 0.1) is 5.41 Å². The smallest absolute Gasteiger partial charge is 0.358 e. The highest BCUT2D eigenvalue weighted by Crippen LogP contribution is 2.41. The minimum atomic E-state index is -1.22. The summed E-state index contributed by atoms with van der Waals surface area (Å²) < 4.78 is 16.9. The molecule has 39 heavy (non-hydrogen) atoms. The van der Waals surface area contributed by atoms with Gasteiger partial charge in [-0.05, 0) is 43.4 Å². The second-order valence-corrected chi connectivity index (χ2v) is 11.0. The third kappa shape index (κ3) is 5.71. The summed E-state index contributed by atoms with van der Waals surface area (Å²) in [4.78, 5) is 33.5. The highest BCUT2D eigenvalue weighted by Gasteiger charge is 2.32. The molecule has 2 N–H and O–H groups in total. The zero-order valence-corrected chi connectivity index (χ0v) is 23.6. The van der Waals surface area contributed by atoms with E-state index in [1.54, 1.807) is 32.1 Å². The van der Waals surface area contributed by atoms with Crippen LogP contribution in [0.25, 0.3) is 0 Å². The van der Waals surface area contributed by atoms with Gasteiger partial charge in [-0.25, -0.2) is 9.78 Å². The molecule has 2 aromatic rings. The van der Waals surface area contributed by atoms with Crippen molar-refractivity contribution in [1.29, 1.82) is 5.41 Å². The van der Waals surface area contributed by atoms with Crippen LogP contribution in [0.3, 0.4) is 0 Å². The van der Waals surface area contributed by atoms with Gasteiger partial charge in [-0.15, -0.1) is 0 Å². The standard InChI is InChI=1S/C29H38N4O6/c1-7-39-23-14-18-15-33(27(30)24(18)31-25(23)28(35)36)16-22(34)17-12-20(29(2,3)4)26(38-6)21(13-17)32-10-8-19(37-5)9-11-32/h12-14,19,30H,7-11,15-16H2,1-6H3,(H,35,36). The fourth-order valence-electron chi connectivity index (χ4n) is 5.23. The van der Waals surface area contributed by atoms with Crippen LogP contribution in [0.15, 0.2) is 18.2 Å². The van der Waals surface area contributed by atoms with Crippen molar-refractivity contribution in [3.05, 3.63) is 46.3 Å². The van der Waals surface area contributed by atoms with E-state index in [4.69, 9.17) is 19.6 Å². The van der Waals surface area contributed by atoms with Gasteiger partial charge in [0, 0.05) is 43.4 Å². The molecule has 2 aliphatic rings. The number of benzene rings is 1. The zero-order valence-electron chi connectivity index (χ0n) is 23.6. The lowest BCUT2D eigenvalue weighted by atomic mass is 9.84. The number of Topliss-reactive ketones (excluding diaryl/α,β-unsaturated/α-hetero) is 1. The zero-order chi connectivity index (χ0) is 28.5. The molecule has 3 heterocycles. The highest BCUT2D eigenvalue weighted by molar-refractivity contribution is 6.05. The molecule has 4 rings (SSSR count). The number of ether oxygens (including phenoxy) is 3. The fourth-order valence-corrected chi connectivity index (χ4v) is 5.23. The lowest BCUT2D eigenvalue weighted by Crippen LogP contribution is -2.37. The van der Waals surface area contributed by atoms with Crippen molar-refractivity contribution in [1.82, 2.24) is 9.88 Å². The molecule has 10 nitrogen and oxygen atoms in total. The van der Waals surface area contributed by atoms with Crippen molar-refractivity contribution < 1.29 is 28.9 Å². The Morgan fingerprint density at radius 3 is 2.41 bits per heavy atom. The molecule has 0 amide bonds. The van der Waals surface area contributed by atoms with Gasteiger partial charge in [0.1, 0.15) is 17.3 Å². The normalized spacial score (nSPS) is 15.9. The van der Waals surface area contributed by atoms with Gasteiger partial charge in [0.05, 0.1) is 32.1 Å². The van der Waals surface area contributed by atoms with E-state index in [-0.39, 0.29) is 53.4 Å². The van der Waals surface area contributed by atoms with Crippen LogP contribution < -0.4 is 14.4 Å². The van der Waals surface area contributed by atoms with Gasteiger partial charge in [0.2, 0.25) is 0 Å². The number of hydrogen-bond donors (Lipinski definition) is 2. The molecule has 1 aromatic heterocycles. The molecule has 1 aromatic carbocycles. The largest absolute Gasteiger partial charge is 0.494 e. The van der Waals surface area contributed by atoms with Crippen LogP contribution in [0.5, 0.6) is 11.5 Å². The van der Waals surface area contributed by atoms with Gasteiger partial charge in [-0.3, -0.25) is 10.2 Å². The third-order valence-corrected chi connectivity index (χ3v) is 7.32. The SMILES string of the molecule is CCOc1cc2c(nc1C(=O)O)C(=N)N(CC(=O)c1cc(N3CCC(OC)CC3)c(OC)c(C(C)(C)C)c1)C2. The maximum Gasteiger partial charge on any atom is 0.358 e. The van der Waals surface area contributed by atoms with Crippen LogP contribution in [0.4, 0.5) is 5.69 Å². The van der Waals surface area contributed by atoms with Crippen molar-refractivity contribution in [3.63, 3.8) is 0 Å². The molecule has 0 atom stereocenters. The Kier molecular flexibility index (Phi) is 8.15. The number of anilines is 1. The van der Waals surface area contributed by atoms with E-state index >= 15 is 0 Å². The number of aromatic carboxylic acids is 1. The number of rotatable bonds is 9. The van der Waals surface area contributed by atoms with Crippen LogP contribution in [0.2, 0.25) is 0 Å². The van der Waals surface area contributed by atoms with E-state index in [1.165, 1.54) is 0 Å². The predicted molar refractivity (Wildman–Crippen MR) is 148 cm³/mol. The maximum atomic E-state index is 13.7. The van der Waals surface area contributed by atoms with E-state index in [1.807, 2.05) is 12.1 Å². The number of carboxylic acid groups (broad SMARTS) is 1. The number of aromatic nitrogens is 1. The Labute approximate surface area is 229 Å². The first-order valence-corrected chi connectivity index (χ1v) is 13.3. The Morgan fingerprint density at radius 1 is 1.15 bits per heavy atom. The number of carbonyl (C=O) groups excluding carboxylic acids is 1. The highest BCUT2D eigenvalue weighted by atomic mass is 16.5. The Hall–Kier alpha value is -3.66. The van der Waals surface area contributed by atoms with Crippen molar-refractivity contribution in [2.24, 2.45) is 0 Å². The number of methoxy groups -OCH3 is 2. The number of amidine groups is 1. The van der Waals surface area contributed by atoms with E-state index in [0.717, 1.165) is 42.9 Å². The topological polar surface area (TPSA) is 125 Å². The predicted octanol–water partition coefficient (Wildman–Crippen LogP) is 4.12. The number of ketones is 1. The second kappa shape index (κ2) is 11.2. The summed E-state index contributed by atoms with van der Waals surface area (Å²) in [6.45, 7) is 10.1. The fraction of sp³-hybridized carbons (Fsp3) is 0.517. The Balaban J connectivity index is 1.64. The number of carbonyl (C=O) groups is 2. The van der Waals surface area contributed by atoms with Gasteiger partial charge in [0.15, 0.2) is 17.2 Å². The monoisotopic (exact) mass is 538 g/mol. The molecule has 2 aliphatic heterocycles. The molecule has 0 unspecified atom stereocenters. The number of hydrogen-bond acceptors (Lipinski definition) is 8. The molecule has 10 heteroatoms. The minimum Gasteiger partial charge on any atom is -0.494 e. The number of nitrogens with one attached hydrogen (secondary N) is 1. The number of piperidine rings is 1. The quantitative estimate of drug-likeness (QED) is 0.454. The summed E-state index contributed by atoms with van der Waals surface area (Å²) in [5.41, 5.74) is 2.78. The summed E-state index contributed by atoms with van der Waals surface area (Å²) in [6, 6.07) is 5.40. The van der Waals surface area contributed by atoms with E-state index in [0.29, 0.717) is 17.7 Å². The van der Waals surface area contributed by atoms with Crippen LogP contribution in [0.1, 0.15) is 78.2 Å². The number of fused-ring (bicyclic) bond motifs is 1.